The predicted octanol–water partition coefficient (Wildman–Crippen LogP) is 5.89. The molecular weight excluding hydrogens is 368 g/mol. The molecule has 0 aliphatic heterocycles. The molecule has 0 radical (unpaired) electrons. The maximum atomic E-state index is 6.05. The number of hydrogen-bond donors (Lipinski definition) is 1. The Kier molecular flexibility index (Phi) is 4.19. The minimum absolute atomic E-state index is 0.516. The average Bonchev–Trinajstić information content (AvgIpc) is 2.51. The van der Waals surface area contributed by atoms with Gasteiger partial charge in [-0.3, -0.25) is 0 Å². The highest BCUT2D eigenvalue weighted by Gasteiger charge is 2.10. The fourth-order valence-electron chi connectivity index (χ4n) is 2.03. The van der Waals surface area contributed by atoms with E-state index < -0.39 is 0 Å². The Labute approximate surface area is 141 Å². The topological polar surface area (TPSA) is 28.7 Å². The Balaban J connectivity index is 2.21. The summed E-state index contributed by atoms with van der Waals surface area (Å²) in [7, 11) is 0. The van der Waals surface area contributed by atoms with Gasteiger partial charge in [-0.1, -0.05) is 66.3 Å². The molecule has 1 aromatic heterocycles. The van der Waals surface area contributed by atoms with Crippen LogP contribution in [0.3, 0.4) is 0 Å². The molecule has 3 rings (SSSR count). The largest absolute Gasteiger partial charge is 0.338 e. The van der Waals surface area contributed by atoms with Crippen LogP contribution in [0, 0.1) is 4.64 Å². The maximum Gasteiger partial charge on any atom is 0.144 e. The first-order valence-electron chi connectivity index (χ1n) is 6.26. The number of nitrogens with zero attached hydrogens (tertiary/aromatic N) is 1. The second-order valence-electron chi connectivity index (χ2n) is 4.46. The standard InChI is InChI=1S/C16H10BrClN2S/c17-13-14(10-5-2-1-3-6-10)19-15(20-16(13)21)11-7-4-8-12(18)9-11/h1-9H,(H,19,20,21). The average molecular weight is 378 g/mol. The van der Waals surface area contributed by atoms with Crippen molar-refractivity contribution in [2.75, 3.05) is 0 Å². The Morgan fingerprint density at radius 2 is 1.71 bits per heavy atom. The minimum Gasteiger partial charge on any atom is -0.338 e. The number of halogens is 2. The number of rotatable bonds is 2. The molecule has 0 aliphatic carbocycles. The lowest BCUT2D eigenvalue weighted by atomic mass is 10.1. The summed E-state index contributed by atoms with van der Waals surface area (Å²) in [4.78, 5) is 7.75. The zero-order chi connectivity index (χ0) is 14.8. The molecule has 0 saturated carbocycles. The van der Waals surface area contributed by atoms with Gasteiger partial charge in [-0.25, -0.2) is 4.98 Å². The number of H-pyrrole nitrogens is 1. The van der Waals surface area contributed by atoms with E-state index in [9.17, 15) is 0 Å². The smallest absolute Gasteiger partial charge is 0.144 e. The van der Waals surface area contributed by atoms with E-state index in [2.05, 4.69) is 25.9 Å². The van der Waals surface area contributed by atoms with Crippen LogP contribution in [-0.2, 0) is 0 Å². The normalized spacial score (nSPS) is 10.6. The van der Waals surface area contributed by atoms with Gasteiger partial charge < -0.3 is 4.98 Å². The van der Waals surface area contributed by atoms with Crippen LogP contribution < -0.4 is 0 Å². The minimum atomic E-state index is 0.516. The molecule has 1 heterocycles. The fraction of sp³-hybridized carbons (Fsp3) is 0. The van der Waals surface area contributed by atoms with Gasteiger partial charge in [0.15, 0.2) is 0 Å². The van der Waals surface area contributed by atoms with E-state index in [4.69, 9.17) is 23.8 Å². The van der Waals surface area contributed by atoms with Gasteiger partial charge in [0.05, 0.1) is 10.2 Å². The van der Waals surface area contributed by atoms with Crippen molar-refractivity contribution in [3.8, 4) is 22.6 Å². The summed E-state index contributed by atoms with van der Waals surface area (Å²) < 4.78 is 1.30. The van der Waals surface area contributed by atoms with Gasteiger partial charge in [-0.2, -0.15) is 0 Å². The molecule has 3 aromatic rings. The van der Waals surface area contributed by atoms with E-state index in [1.165, 1.54) is 0 Å². The van der Waals surface area contributed by atoms with Gasteiger partial charge in [0, 0.05) is 10.6 Å². The quantitative estimate of drug-likeness (QED) is 0.564. The molecule has 0 amide bonds. The predicted molar refractivity (Wildman–Crippen MR) is 93.0 cm³/mol. The molecule has 21 heavy (non-hydrogen) atoms. The van der Waals surface area contributed by atoms with E-state index in [0.717, 1.165) is 21.3 Å². The van der Waals surface area contributed by atoms with Gasteiger partial charge in [-0.15, -0.1) is 0 Å². The van der Waals surface area contributed by atoms with Crippen molar-refractivity contribution in [3.05, 3.63) is 68.7 Å². The van der Waals surface area contributed by atoms with Gasteiger partial charge in [0.2, 0.25) is 0 Å². The lowest BCUT2D eigenvalue weighted by molar-refractivity contribution is 1.15. The molecular formula is C16H10BrClN2S. The van der Waals surface area contributed by atoms with E-state index >= 15 is 0 Å². The third-order valence-electron chi connectivity index (χ3n) is 3.02. The van der Waals surface area contributed by atoms with Gasteiger partial charge in [0.25, 0.3) is 0 Å². The van der Waals surface area contributed by atoms with Crippen LogP contribution in [0.1, 0.15) is 0 Å². The summed E-state index contributed by atoms with van der Waals surface area (Å²) in [6.45, 7) is 0. The molecule has 5 heteroatoms. The van der Waals surface area contributed by atoms with Gasteiger partial charge >= 0.3 is 0 Å². The van der Waals surface area contributed by atoms with Crippen LogP contribution in [0.2, 0.25) is 5.02 Å². The number of benzene rings is 2. The molecule has 0 spiro atoms. The second kappa shape index (κ2) is 6.10. The molecule has 0 bridgehead atoms. The summed E-state index contributed by atoms with van der Waals surface area (Å²) in [5.41, 5.74) is 2.85. The van der Waals surface area contributed by atoms with Crippen LogP contribution in [0.15, 0.2) is 59.1 Å². The monoisotopic (exact) mass is 376 g/mol. The highest BCUT2D eigenvalue weighted by molar-refractivity contribution is 9.10. The van der Waals surface area contributed by atoms with Crippen molar-refractivity contribution in [1.29, 1.82) is 0 Å². The highest BCUT2D eigenvalue weighted by Crippen LogP contribution is 2.29. The Hall–Kier alpha value is -1.49. The molecule has 1 N–H and O–H groups in total. The zero-order valence-electron chi connectivity index (χ0n) is 10.8. The summed E-state index contributed by atoms with van der Waals surface area (Å²) in [6, 6.07) is 17.5. The number of nitrogens with one attached hydrogen (secondary N) is 1. The van der Waals surface area contributed by atoms with Crippen molar-refractivity contribution < 1.29 is 0 Å². The molecule has 0 aliphatic rings. The van der Waals surface area contributed by atoms with E-state index in [1.807, 2.05) is 54.6 Å². The third kappa shape index (κ3) is 3.07. The SMILES string of the molecule is S=c1nc(-c2cccc(Cl)c2)[nH]c(-c2ccccc2)c1Br. The fourth-order valence-corrected chi connectivity index (χ4v) is 2.84. The zero-order valence-corrected chi connectivity index (χ0v) is 14.0. The third-order valence-corrected chi connectivity index (χ3v) is 4.59. The summed E-state index contributed by atoms with van der Waals surface area (Å²) >= 11 is 14.9. The Morgan fingerprint density at radius 3 is 2.43 bits per heavy atom. The van der Waals surface area contributed by atoms with Crippen molar-refractivity contribution in [2.24, 2.45) is 0 Å². The summed E-state index contributed by atoms with van der Waals surface area (Å²) in [6.07, 6.45) is 0. The van der Waals surface area contributed by atoms with Crippen molar-refractivity contribution in [2.45, 2.75) is 0 Å². The second-order valence-corrected chi connectivity index (χ2v) is 6.07. The number of aromatic nitrogens is 2. The first kappa shape index (κ1) is 14.4. The number of aromatic amines is 1. The van der Waals surface area contributed by atoms with Crippen LogP contribution in [0.4, 0.5) is 0 Å². The summed E-state index contributed by atoms with van der Waals surface area (Å²) in [5, 5.41) is 0.665. The van der Waals surface area contributed by atoms with Crippen molar-refractivity contribution in [1.82, 2.24) is 9.97 Å². The van der Waals surface area contributed by atoms with Crippen molar-refractivity contribution in [3.63, 3.8) is 0 Å². The van der Waals surface area contributed by atoms with E-state index in [-0.39, 0.29) is 0 Å². The molecule has 2 aromatic carbocycles. The molecule has 0 unspecified atom stereocenters. The van der Waals surface area contributed by atoms with Gasteiger partial charge in [-0.05, 0) is 33.6 Å². The molecule has 0 atom stereocenters. The lowest BCUT2D eigenvalue weighted by Crippen LogP contribution is -1.95. The Morgan fingerprint density at radius 1 is 1.00 bits per heavy atom. The molecule has 0 saturated heterocycles. The molecule has 2 nitrogen and oxygen atoms in total. The summed E-state index contributed by atoms with van der Waals surface area (Å²) in [5.74, 6) is 0.699. The van der Waals surface area contributed by atoms with Crippen LogP contribution >= 0.6 is 39.7 Å². The maximum absolute atomic E-state index is 6.05. The van der Waals surface area contributed by atoms with E-state index in [1.54, 1.807) is 0 Å². The first-order chi connectivity index (χ1) is 10.1. The van der Waals surface area contributed by atoms with Crippen LogP contribution in [0.5, 0.6) is 0 Å². The molecule has 104 valence electrons. The van der Waals surface area contributed by atoms with E-state index in [0.29, 0.717) is 15.5 Å². The van der Waals surface area contributed by atoms with Crippen LogP contribution in [-0.4, -0.2) is 9.97 Å². The Bertz CT molecular complexity index is 846. The highest BCUT2D eigenvalue weighted by atomic mass is 79.9. The van der Waals surface area contributed by atoms with Crippen LogP contribution in [0.25, 0.3) is 22.6 Å². The lowest BCUT2D eigenvalue weighted by Gasteiger charge is -2.09. The first-order valence-corrected chi connectivity index (χ1v) is 7.84. The molecule has 0 fully saturated rings. The van der Waals surface area contributed by atoms with Gasteiger partial charge in [0.1, 0.15) is 10.5 Å². The van der Waals surface area contributed by atoms with Crippen molar-refractivity contribution >= 4 is 39.7 Å². The number of hydrogen-bond acceptors (Lipinski definition) is 2.